The van der Waals surface area contributed by atoms with E-state index >= 15 is 0 Å². The Balaban J connectivity index is 1.83. The van der Waals surface area contributed by atoms with Gasteiger partial charge in [-0.1, -0.05) is 12.2 Å². The monoisotopic (exact) mass is 295 g/mol. The Morgan fingerprint density at radius 2 is 2.00 bits per heavy atom. The van der Waals surface area contributed by atoms with Gasteiger partial charge in [0.25, 0.3) is 5.91 Å². The number of hydrogen-bond donors (Lipinski definition) is 3. The number of nitrogens with one attached hydrogen (secondary N) is 2. The third kappa shape index (κ3) is 3.39. The van der Waals surface area contributed by atoms with E-state index < -0.39 is 29.9 Å². The number of carbonyl (C=O) groups is 4. The average Bonchev–Trinajstić information content (AvgIpc) is 2.88. The molecule has 2 rings (SSSR count). The van der Waals surface area contributed by atoms with E-state index in [0.717, 1.165) is 4.90 Å². The summed E-state index contributed by atoms with van der Waals surface area (Å²) in [5, 5.41) is 14.0. The number of imide groups is 1. The van der Waals surface area contributed by atoms with Gasteiger partial charge in [0.15, 0.2) is 0 Å². The maximum atomic E-state index is 11.8. The standard InChI is InChI=1S/C13H17N3O5/c1-16-10(17)5-4-9(11(16)18)15-13(21)14-8-3-2-7(6-8)12(19)20/h2-3,7-9H,4-6H2,1H3,(H,19,20)(H2,14,15,21). The van der Waals surface area contributed by atoms with E-state index in [1.54, 1.807) is 6.08 Å². The number of carboxylic acids is 1. The zero-order chi connectivity index (χ0) is 15.6. The van der Waals surface area contributed by atoms with Crippen LogP contribution in [-0.4, -0.2) is 53.0 Å². The summed E-state index contributed by atoms with van der Waals surface area (Å²) >= 11 is 0. The lowest BCUT2D eigenvalue weighted by molar-refractivity contribution is -0.147. The van der Waals surface area contributed by atoms with Crippen LogP contribution >= 0.6 is 0 Å². The first-order valence-electron chi connectivity index (χ1n) is 6.67. The fourth-order valence-corrected chi connectivity index (χ4v) is 2.41. The Bertz CT molecular complexity index is 516. The Kier molecular flexibility index (Phi) is 4.25. The second-order valence-electron chi connectivity index (χ2n) is 5.17. The van der Waals surface area contributed by atoms with Gasteiger partial charge < -0.3 is 15.7 Å². The molecule has 0 radical (unpaired) electrons. The molecule has 1 fully saturated rings. The highest BCUT2D eigenvalue weighted by molar-refractivity contribution is 6.01. The van der Waals surface area contributed by atoms with Gasteiger partial charge in [0, 0.05) is 13.5 Å². The van der Waals surface area contributed by atoms with E-state index in [1.807, 2.05) is 0 Å². The van der Waals surface area contributed by atoms with Crippen molar-refractivity contribution in [3.63, 3.8) is 0 Å². The summed E-state index contributed by atoms with van der Waals surface area (Å²) in [7, 11) is 1.38. The number of likely N-dealkylation sites (N-methyl/N-ethyl adjacent to an activating group) is 1. The number of carboxylic acid groups (broad SMARTS) is 1. The van der Waals surface area contributed by atoms with Crippen molar-refractivity contribution in [3.8, 4) is 0 Å². The van der Waals surface area contributed by atoms with Crippen molar-refractivity contribution in [2.24, 2.45) is 5.92 Å². The molecule has 1 heterocycles. The van der Waals surface area contributed by atoms with Crippen LogP contribution in [0, 0.1) is 5.92 Å². The highest BCUT2D eigenvalue weighted by Gasteiger charge is 2.33. The van der Waals surface area contributed by atoms with E-state index in [0.29, 0.717) is 6.42 Å². The molecule has 3 unspecified atom stereocenters. The average molecular weight is 295 g/mol. The van der Waals surface area contributed by atoms with Crippen molar-refractivity contribution in [3.05, 3.63) is 12.2 Å². The van der Waals surface area contributed by atoms with Crippen LogP contribution < -0.4 is 10.6 Å². The van der Waals surface area contributed by atoms with Gasteiger partial charge >= 0.3 is 12.0 Å². The molecule has 8 nitrogen and oxygen atoms in total. The van der Waals surface area contributed by atoms with Crippen LogP contribution in [0.25, 0.3) is 0 Å². The molecule has 0 spiro atoms. The van der Waals surface area contributed by atoms with Gasteiger partial charge in [-0.05, 0) is 12.8 Å². The number of hydrogen-bond acceptors (Lipinski definition) is 4. The molecule has 0 bridgehead atoms. The highest BCUT2D eigenvalue weighted by Crippen LogP contribution is 2.18. The summed E-state index contributed by atoms with van der Waals surface area (Å²) in [4.78, 5) is 46.8. The van der Waals surface area contributed by atoms with E-state index in [9.17, 15) is 19.2 Å². The molecule has 0 aromatic heterocycles. The van der Waals surface area contributed by atoms with Gasteiger partial charge in [-0.2, -0.15) is 0 Å². The molecule has 1 saturated heterocycles. The first kappa shape index (κ1) is 15.0. The maximum absolute atomic E-state index is 11.8. The molecular weight excluding hydrogens is 278 g/mol. The third-order valence-electron chi connectivity index (χ3n) is 3.67. The van der Waals surface area contributed by atoms with Crippen molar-refractivity contribution in [2.45, 2.75) is 31.3 Å². The first-order valence-corrected chi connectivity index (χ1v) is 6.67. The second-order valence-corrected chi connectivity index (χ2v) is 5.17. The van der Waals surface area contributed by atoms with Crippen LogP contribution in [0.15, 0.2) is 12.2 Å². The van der Waals surface area contributed by atoms with E-state index in [4.69, 9.17) is 5.11 Å². The van der Waals surface area contributed by atoms with E-state index in [1.165, 1.54) is 13.1 Å². The summed E-state index contributed by atoms with van der Waals surface area (Å²) in [5.41, 5.74) is 0. The molecule has 0 aromatic rings. The fraction of sp³-hybridized carbons (Fsp3) is 0.538. The minimum atomic E-state index is -0.932. The van der Waals surface area contributed by atoms with Crippen molar-refractivity contribution in [1.82, 2.24) is 15.5 Å². The zero-order valence-corrected chi connectivity index (χ0v) is 11.5. The predicted octanol–water partition coefficient (Wildman–Crippen LogP) is -0.538. The number of piperidine rings is 1. The number of urea groups is 1. The van der Waals surface area contributed by atoms with Crippen LogP contribution in [0.4, 0.5) is 4.79 Å². The lowest BCUT2D eigenvalue weighted by atomic mass is 10.1. The van der Waals surface area contributed by atoms with Crippen LogP contribution in [0.2, 0.25) is 0 Å². The summed E-state index contributed by atoms with van der Waals surface area (Å²) in [6.07, 6.45) is 3.92. The number of amides is 4. The minimum Gasteiger partial charge on any atom is -0.481 e. The Labute approximate surface area is 121 Å². The lowest BCUT2D eigenvalue weighted by Gasteiger charge is -2.28. The number of carbonyl (C=O) groups excluding carboxylic acids is 3. The maximum Gasteiger partial charge on any atom is 0.315 e. The van der Waals surface area contributed by atoms with Gasteiger partial charge in [0.1, 0.15) is 6.04 Å². The van der Waals surface area contributed by atoms with Crippen molar-refractivity contribution in [2.75, 3.05) is 7.05 Å². The van der Waals surface area contributed by atoms with Crippen LogP contribution in [0.1, 0.15) is 19.3 Å². The lowest BCUT2D eigenvalue weighted by Crippen LogP contribution is -2.55. The van der Waals surface area contributed by atoms with E-state index in [-0.39, 0.29) is 24.8 Å². The normalized spacial score (nSPS) is 28.6. The summed E-state index contributed by atoms with van der Waals surface area (Å²) < 4.78 is 0. The van der Waals surface area contributed by atoms with Crippen LogP contribution in [0.3, 0.4) is 0 Å². The van der Waals surface area contributed by atoms with Crippen LogP contribution in [0.5, 0.6) is 0 Å². The predicted molar refractivity (Wildman–Crippen MR) is 71.1 cm³/mol. The van der Waals surface area contributed by atoms with Crippen LogP contribution in [-0.2, 0) is 14.4 Å². The summed E-state index contributed by atoms with van der Waals surface area (Å²) in [6, 6.07) is -1.64. The zero-order valence-electron chi connectivity index (χ0n) is 11.5. The van der Waals surface area contributed by atoms with Crippen molar-refractivity contribution < 1.29 is 24.3 Å². The van der Waals surface area contributed by atoms with E-state index in [2.05, 4.69) is 10.6 Å². The summed E-state index contributed by atoms with van der Waals surface area (Å²) in [6.45, 7) is 0. The van der Waals surface area contributed by atoms with Gasteiger partial charge in [-0.25, -0.2) is 4.79 Å². The molecule has 2 aliphatic rings. The highest BCUT2D eigenvalue weighted by atomic mass is 16.4. The molecule has 4 amide bonds. The second kappa shape index (κ2) is 5.94. The molecule has 0 aromatic carbocycles. The molecule has 114 valence electrons. The third-order valence-corrected chi connectivity index (χ3v) is 3.67. The molecule has 21 heavy (non-hydrogen) atoms. The molecular formula is C13H17N3O5. The SMILES string of the molecule is CN1C(=O)CCC(NC(=O)NC2C=CC(C(=O)O)C2)C1=O. The molecule has 1 aliphatic carbocycles. The molecule has 0 saturated carbocycles. The van der Waals surface area contributed by atoms with Gasteiger partial charge in [-0.15, -0.1) is 0 Å². The molecule has 8 heteroatoms. The molecule has 1 aliphatic heterocycles. The largest absolute Gasteiger partial charge is 0.481 e. The van der Waals surface area contributed by atoms with Crippen molar-refractivity contribution >= 4 is 23.8 Å². The Hall–Kier alpha value is -2.38. The Morgan fingerprint density at radius 3 is 2.62 bits per heavy atom. The number of aliphatic carboxylic acids is 1. The fourth-order valence-electron chi connectivity index (χ4n) is 2.41. The number of nitrogens with zero attached hydrogens (tertiary/aromatic N) is 1. The van der Waals surface area contributed by atoms with Gasteiger partial charge in [0.2, 0.25) is 5.91 Å². The number of rotatable bonds is 3. The molecule has 3 atom stereocenters. The summed E-state index contributed by atoms with van der Waals surface area (Å²) in [5.74, 6) is -2.23. The first-order chi connectivity index (χ1) is 9.88. The topological polar surface area (TPSA) is 116 Å². The smallest absolute Gasteiger partial charge is 0.315 e. The quantitative estimate of drug-likeness (QED) is 0.478. The molecule has 3 N–H and O–H groups in total. The Morgan fingerprint density at radius 1 is 1.29 bits per heavy atom. The van der Waals surface area contributed by atoms with Gasteiger partial charge in [0.05, 0.1) is 12.0 Å². The number of likely N-dealkylation sites (tertiary alicyclic amines) is 1. The van der Waals surface area contributed by atoms with Gasteiger partial charge in [-0.3, -0.25) is 19.3 Å². The minimum absolute atomic E-state index is 0.206. The van der Waals surface area contributed by atoms with Crippen molar-refractivity contribution in [1.29, 1.82) is 0 Å².